The van der Waals surface area contributed by atoms with Gasteiger partial charge in [0.15, 0.2) is 5.13 Å². The largest absolute Gasteiger partial charge is 0.325 e. The van der Waals surface area contributed by atoms with Gasteiger partial charge >= 0.3 is 0 Å². The van der Waals surface area contributed by atoms with Gasteiger partial charge in [-0.3, -0.25) is 9.59 Å². The Morgan fingerprint density at radius 3 is 2.81 bits per heavy atom. The average Bonchev–Trinajstić information content (AvgIpc) is 3.21. The molecule has 4 rings (SSSR count). The van der Waals surface area contributed by atoms with Crippen LogP contribution in [0.25, 0.3) is 11.3 Å². The van der Waals surface area contributed by atoms with Gasteiger partial charge in [0.1, 0.15) is 11.6 Å². The van der Waals surface area contributed by atoms with Gasteiger partial charge in [0.2, 0.25) is 5.91 Å². The second-order valence-electron chi connectivity index (χ2n) is 7.95. The van der Waals surface area contributed by atoms with Gasteiger partial charge in [-0.15, -0.1) is 11.3 Å². The number of nitrogens with zero attached hydrogens (tertiary/aromatic N) is 2. The van der Waals surface area contributed by atoms with E-state index in [2.05, 4.69) is 33.5 Å². The van der Waals surface area contributed by atoms with Crippen molar-refractivity contribution in [3.8, 4) is 17.3 Å². The van der Waals surface area contributed by atoms with E-state index in [-0.39, 0.29) is 23.5 Å². The van der Waals surface area contributed by atoms with Crippen molar-refractivity contribution in [1.82, 2.24) is 9.97 Å². The van der Waals surface area contributed by atoms with Crippen molar-refractivity contribution in [2.75, 3.05) is 5.32 Å². The molecule has 0 bridgehead atoms. The van der Waals surface area contributed by atoms with E-state index in [1.54, 1.807) is 13.8 Å². The quantitative estimate of drug-likeness (QED) is 0.623. The van der Waals surface area contributed by atoms with E-state index in [4.69, 9.17) is 0 Å². The molecular weight excluding hydrogens is 408 g/mol. The number of amides is 1. The first-order valence-corrected chi connectivity index (χ1v) is 11.3. The number of hydrogen-bond acceptors (Lipinski definition) is 5. The van der Waals surface area contributed by atoms with Crippen molar-refractivity contribution in [2.45, 2.75) is 52.4 Å². The Balaban J connectivity index is 1.42. The third-order valence-electron chi connectivity index (χ3n) is 5.92. The van der Waals surface area contributed by atoms with E-state index < -0.39 is 0 Å². The Hall–Kier alpha value is -3.24. The number of benzene rings is 1. The second-order valence-corrected chi connectivity index (χ2v) is 8.80. The fourth-order valence-electron chi connectivity index (χ4n) is 4.20. The normalized spacial score (nSPS) is 12.8. The molecule has 0 spiro atoms. The van der Waals surface area contributed by atoms with Crippen LogP contribution in [0.2, 0.25) is 0 Å². The zero-order valence-corrected chi connectivity index (χ0v) is 18.5. The molecule has 158 valence electrons. The highest BCUT2D eigenvalue weighted by Crippen LogP contribution is 2.29. The summed E-state index contributed by atoms with van der Waals surface area (Å²) in [4.78, 5) is 31.6. The molecule has 0 radical (unpaired) electrons. The number of thiazole rings is 1. The number of H-pyrrole nitrogens is 1. The number of aryl methyl sites for hydroxylation is 3. The summed E-state index contributed by atoms with van der Waals surface area (Å²) in [6, 6.07) is 8.48. The number of aromatic nitrogens is 2. The van der Waals surface area contributed by atoms with E-state index in [1.807, 2.05) is 11.4 Å². The minimum Gasteiger partial charge on any atom is -0.325 e. The summed E-state index contributed by atoms with van der Waals surface area (Å²) in [5.41, 5.74) is 6.69. The highest BCUT2D eigenvalue weighted by Gasteiger charge is 2.15. The fraction of sp³-hybridized carbons (Fsp3) is 0.333. The molecule has 0 atom stereocenters. The molecule has 6 nitrogen and oxygen atoms in total. The van der Waals surface area contributed by atoms with Crippen LogP contribution < -0.4 is 10.9 Å². The summed E-state index contributed by atoms with van der Waals surface area (Å²) >= 11 is 1.41. The number of aromatic amines is 1. The molecule has 7 heteroatoms. The van der Waals surface area contributed by atoms with Crippen LogP contribution in [-0.2, 0) is 24.1 Å². The Morgan fingerprint density at radius 2 is 2.03 bits per heavy atom. The zero-order valence-electron chi connectivity index (χ0n) is 17.7. The summed E-state index contributed by atoms with van der Waals surface area (Å²) in [6.07, 6.45) is 5.45. The minimum absolute atomic E-state index is 0.107. The van der Waals surface area contributed by atoms with Crippen molar-refractivity contribution in [3.63, 3.8) is 0 Å². The van der Waals surface area contributed by atoms with Gasteiger partial charge < -0.3 is 10.3 Å². The molecule has 2 aromatic heterocycles. The highest BCUT2D eigenvalue weighted by molar-refractivity contribution is 7.14. The molecule has 1 amide bonds. The molecule has 1 aromatic carbocycles. The molecule has 2 heterocycles. The fourth-order valence-corrected chi connectivity index (χ4v) is 4.93. The number of rotatable bonds is 5. The van der Waals surface area contributed by atoms with Gasteiger partial charge in [0.25, 0.3) is 5.56 Å². The molecule has 0 aliphatic heterocycles. The molecule has 31 heavy (non-hydrogen) atoms. The second kappa shape index (κ2) is 8.86. The molecule has 0 saturated carbocycles. The van der Waals surface area contributed by atoms with E-state index in [9.17, 15) is 14.9 Å². The van der Waals surface area contributed by atoms with Gasteiger partial charge in [-0.1, -0.05) is 12.1 Å². The number of pyridine rings is 1. The van der Waals surface area contributed by atoms with Crippen LogP contribution in [0.1, 0.15) is 52.8 Å². The van der Waals surface area contributed by atoms with E-state index >= 15 is 0 Å². The lowest BCUT2D eigenvalue weighted by Gasteiger charge is -2.16. The van der Waals surface area contributed by atoms with Gasteiger partial charge in [-0.2, -0.15) is 5.26 Å². The molecule has 2 N–H and O–H groups in total. The summed E-state index contributed by atoms with van der Waals surface area (Å²) in [7, 11) is 0. The van der Waals surface area contributed by atoms with Crippen LogP contribution in [0.3, 0.4) is 0 Å². The predicted molar refractivity (Wildman–Crippen MR) is 122 cm³/mol. The van der Waals surface area contributed by atoms with Crippen LogP contribution in [0.5, 0.6) is 0 Å². The summed E-state index contributed by atoms with van der Waals surface area (Å²) < 4.78 is 0. The SMILES string of the molecule is Cc1[nH]c(=O)c(C#N)c(C)c1CCC(=O)Nc1nc(-c2ccc3c(c2)CCCC3)cs1. The Labute approximate surface area is 185 Å². The molecule has 0 unspecified atom stereocenters. The van der Waals surface area contributed by atoms with Crippen LogP contribution in [0.4, 0.5) is 5.13 Å². The standard InChI is InChI=1S/C24H24N4O2S/c1-14-19(15(2)26-23(30)20(14)12-25)9-10-22(29)28-24-27-21(13-31-24)18-8-7-16-5-3-4-6-17(16)11-18/h7-8,11,13H,3-6,9-10H2,1-2H3,(H,26,30)(H,27,28,29). The monoisotopic (exact) mass is 432 g/mol. The maximum absolute atomic E-state index is 12.5. The van der Waals surface area contributed by atoms with Gasteiger partial charge in [-0.05, 0) is 74.3 Å². The first-order valence-electron chi connectivity index (χ1n) is 10.5. The number of nitrogens with one attached hydrogen (secondary N) is 2. The lowest BCUT2D eigenvalue weighted by Crippen LogP contribution is -2.18. The Bertz CT molecular complexity index is 1250. The number of fused-ring (bicyclic) bond motifs is 1. The summed E-state index contributed by atoms with van der Waals surface area (Å²) in [6.45, 7) is 3.54. The van der Waals surface area contributed by atoms with Gasteiger partial charge in [0.05, 0.1) is 5.69 Å². The number of carbonyl (C=O) groups excluding carboxylic acids is 1. The van der Waals surface area contributed by atoms with Crippen molar-refractivity contribution in [1.29, 1.82) is 5.26 Å². The van der Waals surface area contributed by atoms with E-state index in [1.165, 1.54) is 35.3 Å². The molecule has 3 aromatic rings. The number of hydrogen-bond donors (Lipinski definition) is 2. The van der Waals surface area contributed by atoms with Crippen molar-refractivity contribution < 1.29 is 4.79 Å². The van der Waals surface area contributed by atoms with Gasteiger partial charge in [-0.25, -0.2) is 4.98 Å². The summed E-state index contributed by atoms with van der Waals surface area (Å²) in [5.74, 6) is -0.144. The lowest BCUT2D eigenvalue weighted by molar-refractivity contribution is -0.116. The molecule has 0 saturated heterocycles. The molecule has 1 aliphatic carbocycles. The van der Waals surface area contributed by atoms with Crippen molar-refractivity contribution in [3.05, 3.63) is 67.4 Å². The van der Waals surface area contributed by atoms with Crippen LogP contribution in [0.15, 0.2) is 28.4 Å². The molecule has 1 aliphatic rings. The Kier molecular flexibility index (Phi) is 6.01. The van der Waals surface area contributed by atoms with Crippen LogP contribution >= 0.6 is 11.3 Å². The number of anilines is 1. The van der Waals surface area contributed by atoms with Crippen LogP contribution in [-0.4, -0.2) is 15.9 Å². The minimum atomic E-state index is -0.386. The first-order chi connectivity index (χ1) is 15.0. The smallest absolute Gasteiger partial charge is 0.266 e. The number of nitriles is 1. The van der Waals surface area contributed by atoms with Gasteiger partial charge in [0, 0.05) is 23.1 Å². The highest BCUT2D eigenvalue weighted by atomic mass is 32.1. The molecule has 0 fully saturated rings. The number of carbonyl (C=O) groups is 1. The van der Waals surface area contributed by atoms with E-state index in [0.717, 1.165) is 29.7 Å². The van der Waals surface area contributed by atoms with Crippen molar-refractivity contribution in [2.24, 2.45) is 0 Å². The van der Waals surface area contributed by atoms with Crippen molar-refractivity contribution >= 4 is 22.4 Å². The third kappa shape index (κ3) is 4.44. The predicted octanol–water partition coefficient (Wildman–Crippen LogP) is 4.44. The maximum atomic E-state index is 12.5. The van der Waals surface area contributed by atoms with Crippen LogP contribution in [0, 0.1) is 25.2 Å². The Morgan fingerprint density at radius 1 is 1.26 bits per heavy atom. The first kappa shape index (κ1) is 21.0. The third-order valence-corrected chi connectivity index (χ3v) is 6.67. The summed E-state index contributed by atoms with van der Waals surface area (Å²) in [5, 5.41) is 14.6. The molecular formula is C24H24N4O2S. The zero-order chi connectivity index (χ0) is 22.0. The topological polar surface area (TPSA) is 98.6 Å². The van der Waals surface area contributed by atoms with E-state index in [0.29, 0.717) is 22.8 Å². The lowest BCUT2D eigenvalue weighted by atomic mass is 9.90. The maximum Gasteiger partial charge on any atom is 0.266 e. The average molecular weight is 433 g/mol.